The lowest BCUT2D eigenvalue weighted by Crippen LogP contribution is -2.51. The van der Waals surface area contributed by atoms with Crippen molar-refractivity contribution >= 4 is 30.3 Å². The normalized spacial score (nSPS) is 12.0. The van der Waals surface area contributed by atoms with Crippen molar-refractivity contribution in [3.8, 4) is 0 Å². The molecule has 0 atom stereocenters. The molecule has 0 bridgehead atoms. The van der Waals surface area contributed by atoms with E-state index >= 15 is 0 Å². The quantitative estimate of drug-likeness (QED) is 0.250. The Balaban J connectivity index is 0.000000304. The molecule has 0 saturated heterocycles. The van der Waals surface area contributed by atoms with Crippen LogP contribution in [0.5, 0.6) is 0 Å². The SMILES string of the molecule is Cc1ccc(S(=O)(=O)NC(C)(CO)CO)cc1.Cc1ccc(S(=O)(=O)O)cc1.Cc1ccc(S(=O)(=O)O)cc1. The summed E-state index contributed by atoms with van der Waals surface area (Å²) in [5.41, 5.74) is 1.61. The Labute approximate surface area is 229 Å². The lowest BCUT2D eigenvalue weighted by atomic mass is 10.1. The van der Waals surface area contributed by atoms with Crippen LogP contribution in [-0.4, -0.2) is 63.3 Å². The summed E-state index contributed by atoms with van der Waals surface area (Å²) in [7, 11) is -11.8. The van der Waals surface area contributed by atoms with Gasteiger partial charge in [-0.1, -0.05) is 53.1 Å². The predicted molar refractivity (Wildman–Crippen MR) is 146 cm³/mol. The first-order valence-electron chi connectivity index (χ1n) is 11.2. The molecule has 0 heterocycles. The number of rotatable bonds is 7. The van der Waals surface area contributed by atoms with Crippen molar-refractivity contribution in [3.63, 3.8) is 0 Å². The topological polar surface area (TPSA) is 195 Å². The summed E-state index contributed by atoms with van der Waals surface area (Å²) in [5, 5.41) is 18.1. The first kappa shape index (κ1) is 34.3. The third kappa shape index (κ3) is 11.9. The van der Waals surface area contributed by atoms with Crippen LogP contribution in [0.2, 0.25) is 0 Å². The summed E-state index contributed by atoms with van der Waals surface area (Å²) in [6.45, 7) is 6.01. The van der Waals surface area contributed by atoms with Gasteiger partial charge in [0.15, 0.2) is 0 Å². The number of sulfonamides is 1. The average Bonchev–Trinajstić information content (AvgIpc) is 2.84. The van der Waals surface area contributed by atoms with Gasteiger partial charge in [-0.05, 0) is 64.1 Å². The molecule has 39 heavy (non-hydrogen) atoms. The summed E-state index contributed by atoms with van der Waals surface area (Å²) < 4.78 is 85.3. The molecule has 3 aromatic rings. The molecule has 0 aliphatic carbocycles. The Morgan fingerprint density at radius 2 is 0.821 bits per heavy atom. The van der Waals surface area contributed by atoms with E-state index in [-0.39, 0.29) is 14.7 Å². The van der Waals surface area contributed by atoms with Crippen LogP contribution in [0.1, 0.15) is 23.6 Å². The largest absolute Gasteiger partial charge is 0.394 e. The van der Waals surface area contributed by atoms with E-state index < -0.39 is 49.0 Å². The number of benzene rings is 3. The first-order valence-corrected chi connectivity index (χ1v) is 15.6. The van der Waals surface area contributed by atoms with Crippen LogP contribution in [0, 0.1) is 20.8 Å². The summed E-state index contributed by atoms with van der Waals surface area (Å²) in [6, 6.07) is 18.3. The van der Waals surface area contributed by atoms with E-state index in [9.17, 15) is 25.3 Å². The van der Waals surface area contributed by atoms with E-state index in [1.54, 1.807) is 36.4 Å². The van der Waals surface area contributed by atoms with Crippen LogP contribution in [0.3, 0.4) is 0 Å². The number of hydrogen-bond acceptors (Lipinski definition) is 8. The van der Waals surface area contributed by atoms with Crippen molar-refractivity contribution in [2.75, 3.05) is 13.2 Å². The second kappa shape index (κ2) is 14.1. The van der Waals surface area contributed by atoms with E-state index in [2.05, 4.69) is 4.72 Å². The van der Waals surface area contributed by atoms with Crippen molar-refractivity contribution in [1.82, 2.24) is 4.72 Å². The van der Waals surface area contributed by atoms with Crippen LogP contribution in [0.25, 0.3) is 0 Å². The molecule has 0 amide bonds. The molecular weight excluding hydrogens is 570 g/mol. The van der Waals surface area contributed by atoms with E-state index in [4.69, 9.17) is 19.3 Å². The second-order valence-electron chi connectivity index (χ2n) is 8.87. The lowest BCUT2D eigenvalue weighted by Gasteiger charge is -2.25. The van der Waals surface area contributed by atoms with Gasteiger partial charge >= 0.3 is 0 Å². The van der Waals surface area contributed by atoms with Gasteiger partial charge in [0, 0.05) is 0 Å². The summed E-state index contributed by atoms with van der Waals surface area (Å²) in [5.74, 6) is 0. The monoisotopic (exact) mass is 603 g/mol. The zero-order chi connectivity index (χ0) is 30.1. The fourth-order valence-electron chi connectivity index (χ4n) is 2.64. The highest BCUT2D eigenvalue weighted by Gasteiger charge is 2.29. The predicted octanol–water partition coefficient (Wildman–Crippen LogP) is 2.50. The van der Waals surface area contributed by atoms with Crippen molar-refractivity contribution in [3.05, 3.63) is 89.5 Å². The molecule has 0 saturated carbocycles. The Morgan fingerprint density at radius 1 is 0.564 bits per heavy atom. The second-order valence-corrected chi connectivity index (χ2v) is 13.4. The van der Waals surface area contributed by atoms with Crippen molar-refractivity contribution in [2.24, 2.45) is 0 Å². The number of aryl methyl sites for hydroxylation is 3. The maximum atomic E-state index is 11.9. The third-order valence-electron chi connectivity index (χ3n) is 5.05. The van der Waals surface area contributed by atoms with Crippen LogP contribution in [0.4, 0.5) is 0 Å². The molecule has 0 aliphatic rings. The minimum absolute atomic E-state index is 0.0666. The van der Waals surface area contributed by atoms with Crippen LogP contribution >= 0.6 is 0 Å². The van der Waals surface area contributed by atoms with E-state index in [1.807, 2.05) is 20.8 Å². The zero-order valence-electron chi connectivity index (χ0n) is 21.8. The molecule has 0 fully saturated rings. The van der Waals surface area contributed by atoms with Gasteiger partial charge in [0.05, 0.1) is 33.4 Å². The van der Waals surface area contributed by atoms with Gasteiger partial charge in [0.2, 0.25) is 10.0 Å². The molecule has 0 radical (unpaired) electrons. The standard InChI is InChI=1S/C11H17NO4S.2C7H8O3S/c1-9-3-5-10(6-4-9)17(15,16)12-11(2,7-13)8-14;2*1-6-2-4-7(5-3-6)11(8,9)10/h3-6,12-14H,7-8H2,1-2H3;2*2-5H,1H3,(H,8,9,10). The summed E-state index contributed by atoms with van der Waals surface area (Å²) in [6.07, 6.45) is 0. The van der Waals surface area contributed by atoms with Crippen molar-refractivity contribution in [2.45, 2.75) is 47.9 Å². The Kier molecular flexibility index (Phi) is 12.4. The van der Waals surface area contributed by atoms with Crippen LogP contribution in [-0.2, 0) is 30.3 Å². The Morgan fingerprint density at radius 3 is 1.05 bits per heavy atom. The minimum Gasteiger partial charge on any atom is -0.394 e. The minimum atomic E-state index is -4.02. The van der Waals surface area contributed by atoms with Crippen molar-refractivity contribution < 1.29 is 44.6 Å². The maximum absolute atomic E-state index is 11.9. The molecular formula is C25H33NO10S3. The molecule has 0 spiro atoms. The fraction of sp³-hybridized carbons (Fsp3) is 0.280. The first-order chi connectivity index (χ1) is 17.8. The zero-order valence-corrected chi connectivity index (χ0v) is 24.3. The fourth-order valence-corrected chi connectivity index (χ4v) is 4.99. The van der Waals surface area contributed by atoms with Crippen LogP contribution in [0.15, 0.2) is 87.5 Å². The Hall–Kier alpha value is -2.69. The summed E-state index contributed by atoms with van der Waals surface area (Å²) >= 11 is 0. The van der Waals surface area contributed by atoms with Gasteiger partial charge in [-0.3, -0.25) is 9.11 Å². The molecule has 3 aromatic carbocycles. The van der Waals surface area contributed by atoms with E-state index in [1.165, 1.54) is 43.3 Å². The maximum Gasteiger partial charge on any atom is 0.294 e. The van der Waals surface area contributed by atoms with Gasteiger partial charge in [-0.25, -0.2) is 13.1 Å². The van der Waals surface area contributed by atoms with Gasteiger partial charge in [0.25, 0.3) is 20.2 Å². The molecule has 3 rings (SSSR count). The lowest BCUT2D eigenvalue weighted by molar-refractivity contribution is 0.122. The van der Waals surface area contributed by atoms with Gasteiger partial charge in [-0.15, -0.1) is 0 Å². The van der Waals surface area contributed by atoms with Gasteiger partial charge in [-0.2, -0.15) is 16.8 Å². The van der Waals surface area contributed by atoms with E-state index in [0.717, 1.165) is 16.7 Å². The average molecular weight is 604 g/mol. The van der Waals surface area contributed by atoms with Gasteiger partial charge < -0.3 is 10.2 Å². The highest BCUT2D eigenvalue weighted by molar-refractivity contribution is 7.89. The highest BCUT2D eigenvalue weighted by Crippen LogP contribution is 2.14. The molecule has 0 unspecified atom stereocenters. The van der Waals surface area contributed by atoms with E-state index in [0.29, 0.717) is 0 Å². The molecule has 0 aliphatic heterocycles. The number of aliphatic hydroxyl groups excluding tert-OH is 2. The molecule has 11 nitrogen and oxygen atoms in total. The summed E-state index contributed by atoms with van der Waals surface area (Å²) in [4.78, 5) is -0.0255. The Bertz CT molecular complexity index is 1440. The third-order valence-corrected chi connectivity index (χ3v) is 8.44. The number of aliphatic hydroxyl groups is 2. The van der Waals surface area contributed by atoms with Crippen molar-refractivity contribution in [1.29, 1.82) is 0 Å². The smallest absolute Gasteiger partial charge is 0.294 e. The molecule has 216 valence electrons. The van der Waals surface area contributed by atoms with Gasteiger partial charge in [0.1, 0.15) is 0 Å². The number of nitrogens with one attached hydrogen (secondary N) is 1. The molecule has 0 aromatic heterocycles. The van der Waals surface area contributed by atoms with Crippen LogP contribution < -0.4 is 4.72 Å². The number of hydrogen-bond donors (Lipinski definition) is 5. The molecule has 14 heteroatoms. The molecule has 5 N–H and O–H groups in total. The highest BCUT2D eigenvalue weighted by atomic mass is 32.2.